The average molecular weight is 417 g/mol. The maximum atomic E-state index is 12.9. The number of para-hydroxylation sites is 1. The molecule has 0 unspecified atom stereocenters. The monoisotopic (exact) mass is 417 g/mol. The molecule has 0 fully saturated rings. The number of carbonyl (C=O) groups is 1. The summed E-state index contributed by atoms with van der Waals surface area (Å²) in [7, 11) is 1.61. The first-order valence-corrected chi connectivity index (χ1v) is 9.91. The molecule has 0 radical (unpaired) electrons. The molecule has 1 amide bonds. The lowest BCUT2D eigenvalue weighted by Gasteiger charge is -2.11. The van der Waals surface area contributed by atoms with Crippen molar-refractivity contribution in [2.24, 2.45) is 0 Å². The zero-order chi connectivity index (χ0) is 22.0. The lowest BCUT2D eigenvalue weighted by Crippen LogP contribution is -2.15. The lowest BCUT2D eigenvalue weighted by molar-refractivity contribution is 0.102. The summed E-state index contributed by atoms with van der Waals surface area (Å²) in [5, 5.41) is 11.4. The van der Waals surface area contributed by atoms with Gasteiger partial charge in [-0.05, 0) is 48.9 Å². The highest BCUT2D eigenvalue weighted by atomic mass is 16.5. The molecule has 8 heteroatoms. The normalized spacial score (nSPS) is 11.0. The van der Waals surface area contributed by atoms with Gasteiger partial charge in [-0.1, -0.05) is 31.1 Å². The second-order valence-electron chi connectivity index (χ2n) is 7.41. The van der Waals surface area contributed by atoms with Crippen LogP contribution in [0.5, 0.6) is 5.75 Å². The Kier molecular flexibility index (Phi) is 5.53. The van der Waals surface area contributed by atoms with Crippen LogP contribution >= 0.6 is 0 Å². The Morgan fingerprint density at radius 1 is 1.13 bits per heavy atom. The van der Waals surface area contributed by atoms with E-state index in [1.54, 1.807) is 24.1 Å². The molecular formula is C23H23N5O3. The van der Waals surface area contributed by atoms with Crippen LogP contribution in [0.1, 0.15) is 41.6 Å². The summed E-state index contributed by atoms with van der Waals surface area (Å²) in [4.78, 5) is 17.4. The van der Waals surface area contributed by atoms with Crippen LogP contribution in [-0.2, 0) is 0 Å². The number of hydrogen-bond acceptors (Lipinski definition) is 6. The number of ether oxygens (including phenoxy) is 1. The van der Waals surface area contributed by atoms with Gasteiger partial charge in [0.1, 0.15) is 5.75 Å². The van der Waals surface area contributed by atoms with Gasteiger partial charge in [0.25, 0.3) is 11.8 Å². The summed E-state index contributed by atoms with van der Waals surface area (Å²) in [6, 6.07) is 14.7. The Labute approximate surface area is 179 Å². The number of benzene rings is 2. The highest BCUT2D eigenvalue weighted by Crippen LogP contribution is 2.31. The Morgan fingerprint density at radius 2 is 1.90 bits per heavy atom. The van der Waals surface area contributed by atoms with E-state index in [2.05, 4.69) is 20.6 Å². The number of nitrogens with one attached hydrogen (secondary N) is 1. The van der Waals surface area contributed by atoms with Crippen molar-refractivity contribution in [3.63, 3.8) is 0 Å². The quantitative estimate of drug-likeness (QED) is 0.492. The molecule has 8 nitrogen and oxygen atoms in total. The molecule has 0 bridgehead atoms. The van der Waals surface area contributed by atoms with Crippen molar-refractivity contribution >= 4 is 11.6 Å². The minimum Gasteiger partial charge on any atom is -0.497 e. The van der Waals surface area contributed by atoms with E-state index in [9.17, 15) is 4.79 Å². The minimum atomic E-state index is -0.327. The topological polar surface area (TPSA) is 95.1 Å². The third-order valence-corrected chi connectivity index (χ3v) is 4.86. The third-order valence-electron chi connectivity index (χ3n) is 4.86. The average Bonchev–Trinajstić information content (AvgIpc) is 3.45. The van der Waals surface area contributed by atoms with E-state index < -0.39 is 0 Å². The van der Waals surface area contributed by atoms with E-state index in [4.69, 9.17) is 9.26 Å². The molecule has 0 aliphatic rings. The van der Waals surface area contributed by atoms with Crippen molar-refractivity contribution < 1.29 is 14.1 Å². The summed E-state index contributed by atoms with van der Waals surface area (Å²) < 4.78 is 12.2. The summed E-state index contributed by atoms with van der Waals surface area (Å²) in [6.45, 7) is 5.90. The number of amides is 1. The van der Waals surface area contributed by atoms with Gasteiger partial charge in [0.2, 0.25) is 0 Å². The van der Waals surface area contributed by atoms with Gasteiger partial charge in [0.15, 0.2) is 11.5 Å². The fraction of sp³-hybridized carbons (Fsp3) is 0.217. The second kappa shape index (κ2) is 8.43. The standard InChI is InChI=1S/C23H23N5O3/c1-14(2)21-25-23(31-27-21)18-7-5-6-15(3)20(18)24-22(29)19-12-13-28(26-19)16-8-10-17(30-4)11-9-16/h5-14H,1-4H3,(H,24,29). The van der Waals surface area contributed by atoms with Crippen molar-refractivity contribution in [3.8, 4) is 22.9 Å². The molecule has 0 atom stereocenters. The van der Waals surface area contributed by atoms with Gasteiger partial charge in [-0.2, -0.15) is 10.1 Å². The molecule has 0 saturated heterocycles. The number of anilines is 1. The molecule has 2 aromatic carbocycles. The number of aromatic nitrogens is 4. The number of carbonyl (C=O) groups excluding carboxylic acids is 1. The third kappa shape index (κ3) is 4.18. The number of methoxy groups -OCH3 is 1. The van der Waals surface area contributed by atoms with E-state index in [-0.39, 0.29) is 11.8 Å². The number of aryl methyl sites for hydroxylation is 1. The fourth-order valence-corrected chi connectivity index (χ4v) is 3.09. The fourth-order valence-electron chi connectivity index (χ4n) is 3.09. The Balaban J connectivity index is 1.59. The van der Waals surface area contributed by atoms with Crippen molar-refractivity contribution in [1.82, 2.24) is 19.9 Å². The first-order chi connectivity index (χ1) is 15.0. The molecule has 2 heterocycles. The molecule has 2 aromatic heterocycles. The Bertz CT molecular complexity index is 1210. The SMILES string of the molecule is COc1ccc(-n2ccc(C(=O)Nc3c(C)cccc3-c3nc(C(C)C)no3)n2)cc1. The van der Waals surface area contributed by atoms with Crippen LogP contribution in [0.4, 0.5) is 5.69 Å². The van der Waals surface area contributed by atoms with Gasteiger partial charge < -0.3 is 14.6 Å². The van der Waals surface area contributed by atoms with Crippen molar-refractivity contribution in [2.75, 3.05) is 12.4 Å². The molecule has 158 valence electrons. The van der Waals surface area contributed by atoms with Gasteiger partial charge in [0, 0.05) is 12.1 Å². The van der Waals surface area contributed by atoms with Gasteiger partial charge in [-0.25, -0.2) is 4.68 Å². The van der Waals surface area contributed by atoms with Gasteiger partial charge in [-0.15, -0.1) is 0 Å². The maximum absolute atomic E-state index is 12.9. The summed E-state index contributed by atoms with van der Waals surface area (Å²) >= 11 is 0. The summed E-state index contributed by atoms with van der Waals surface area (Å²) in [6.07, 6.45) is 1.74. The highest BCUT2D eigenvalue weighted by molar-refractivity contribution is 6.05. The van der Waals surface area contributed by atoms with Crippen LogP contribution in [0, 0.1) is 6.92 Å². The Morgan fingerprint density at radius 3 is 2.58 bits per heavy atom. The zero-order valence-corrected chi connectivity index (χ0v) is 17.8. The molecule has 31 heavy (non-hydrogen) atoms. The Hall–Kier alpha value is -3.94. The van der Waals surface area contributed by atoms with Crippen LogP contribution in [0.3, 0.4) is 0 Å². The first kappa shape index (κ1) is 20.3. The predicted molar refractivity (Wildman–Crippen MR) is 117 cm³/mol. The van der Waals surface area contributed by atoms with E-state index in [0.29, 0.717) is 28.7 Å². The molecule has 0 saturated carbocycles. The maximum Gasteiger partial charge on any atom is 0.276 e. The van der Waals surface area contributed by atoms with Gasteiger partial charge in [0.05, 0.1) is 24.0 Å². The summed E-state index contributed by atoms with van der Waals surface area (Å²) in [5.41, 5.74) is 3.28. The largest absolute Gasteiger partial charge is 0.497 e. The molecule has 0 aliphatic heterocycles. The van der Waals surface area contributed by atoms with Crippen molar-refractivity contribution in [3.05, 3.63) is 71.8 Å². The summed E-state index contributed by atoms with van der Waals surface area (Å²) in [5.74, 6) is 1.55. The van der Waals surface area contributed by atoms with E-state index >= 15 is 0 Å². The smallest absolute Gasteiger partial charge is 0.276 e. The molecular weight excluding hydrogens is 394 g/mol. The van der Waals surface area contributed by atoms with Crippen molar-refractivity contribution in [1.29, 1.82) is 0 Å². The molecule has 1 N–H and O–H groups in total. The number of nitrogens with zero attached hydrogens (tertiary/aromatic N) is 4. The van der Waals surface area contributed by atoms with Crippen LogP contribution < -0.4 is 10.1 Å². The minimum absolute atomic E-state index is 0.141. The van der Waals surface area contributed by atoms with Crippen LogP contribution in [0.15, 0.2) is 59.3 Å². The molecule has 0 spiro atoms. The lowest BCUT2D eigenvalue weighted by atomic mass is 10.1. The van der Waals surface area contributed by atoms with Crippen LogP contribution in [0.25, 0.3) is 17.1 Å². The second-order valence-corrected chi connectivity index (χ2v) is 7.41. The van der Waals surface area contributed by atoms with Gasteiger partial charge >= 0.3 is 0 Å². The van der Waals surface area contributed by atoms with E-state index in [0.717, 1.165) is 17.0 Å². The number of rotatable bonds is 6. The molecule has 4 aromatic rings. The van der Waals surface area contributed by atoms with Crippen LogP contribution in [-0.4, -0.2) is 32.9 Å². The van der Waals surface area contributed by atoms with Crippen molar-refractivity contribution in [2.45, 2.75) is 26.7 Å². The highest BCUT2D eigenvalue weighted by Gasteiger charge is 2.19. The van der Waals surface area contributed by atoms with E-state index in [1.807, 2.05) is 63.2 Å². The molecule has 4 rings (SSSR count). The first-order valence-electron chi connectivity index (χ1n) is 9.91. The van der Waals surface area contributed by atoms with Crippen LogP contribution in [0.2, 0.25) is 0 Å². The zero-order valence-electron chi connectivity index (χ0n) is 17.8. The van der Waals surface area contributed by atoms with Gasteiger partial charge in [-0.3, -0.25) is 4.79 Å². The van der Waals surface area contributed by atoms with E-state index in [1.165, 1.54) is 0 Å². The molecule has 0 aliphatic carbocycles. The number of hydrogen-bond donors (Lipinski definition) is 1. The predicted octanol–water partition coefficient (Wildman–Crippen LogP) is 4.62.